The first-order valence-electron chi connectivity index (χ1n) is 7.29. The highest BCUT2D eigenvalue weighted by Gasteiger charge is 2.24. The molecule has 5 nitrogen and oxygen atoms in total. The Morgan fingerprint density at radius 2 is 2.00 bits per heavy atom. The standard InChI is InChI=1S/C18H14N2O3/c1-11-5-7-12(8-6-11)15-9-17-20(19-15)16-4-2-3-13(18(21)22)14(16)10-23-17/h2-9H,10H2,1H3,(H,21,22). The molecule has 0 bridgehead atoms. The Balaban J connectivity index is 1.85. The number of aromatic nitrogens is 2. The minimum atomic E-state index is -0.959. The van der Waals surface area contributed by atoms with E-state index in [0.717, 1.165) is 16.9 Å². The first-order chi connectivity index (χ1) is 11.1. The van der Waals surface area contributed by atoms with Crippen molar-refractivity contribution in [3.63, 3.8) is 0 Å². The molecule has 5 heteroatoms. The third-order valence-electron chi connectivity index (χ3n) is 4.00. The molecule has 1 N–H and O–H groups in total. The maximum absolute atomic E-state index is 11.4. The van der Waals surface area contributed by atoms with Gasteiger partial charge in [-0.3, -0.25) is 0 Å². The Kier molecular flexibility index (Phi) is 2.94. The molecule has 3 aromatic rings. The molecular weight excluding hydrogens is 292 g/mol. The normalized spacial score (nSPS) is 12.2. The number of carboxylic acids is 1. The largest absolute Gasteiger partial charge is 0.478 e. The number of carboxylic acid groups (broad SMARTS) is 1. The maximum Gasteiger partial charge on any atom is 0.336 e. The van der Waals surface area contributed by atoms with Crippen LogP contribution in [-0.2, 0) is 6.61 Å². The Hall–Kier alpha value is -3.08. The van der Waals surface area contributed by atoms with Gasteiger partial charge in [-0.05, 0) is 19.1 Å². The van der Waals surface area contributed by atoms with Gasteiger partial charge in [0.15, 0.2) is 0 Å². The molecule has 0 saturated carbocycles. The third kappa shape index (κ3) is 2.17. The lowest BCUT2D eigenvalue weighted by Gasteiger charge is -2.20. The predicted octanol–water partition coefficient (Wildman–Crippen LogP) is 3.44. The van der Waals surface area contributed by atoms with Crippen molar-refractivity contribution in [3.05, 3.63) is 65.2 Å². The molecule has 0 unspecified atom stereocenters. The number of benzene rings is 2. The van der Waals surface area contributed by atoms with E-state index in [4.69, 9.17) is 4.74 Å². The molecular formula is C18H14N2O3. The summed E-state index contributed by atoms with van der Waals surface area (Å²) < 4.78 is 7.37. The van der Waals surface area contributed by atoms with E-state index >= 15 is 0 Å². The van der Waals surface area contributed by atoms with E-state index in [9.17, 15) is 9.90 Å². The Morgan fingerprint density at radius 3 is 2.74 bits per heavy atom. The van der Waals surface area contributed by atoms with Crippen LogP contribution in [0.3, 0.4) is 0 Å². The fraction of sp³-hybridized carbons (Fsp3) is 0.111. The number of nitrogens with zero attached hydrogens (tertiary/aromatic N) is 2. The van der Waals surface area contributed by atoms with Crippen molar-refractivity contribution >= 4 is 5.97 Å². The monoisotopic (exact) mass is 306 g/mol. The van der Waals surface area contributed by atoms with Gasteiger partial charge in [0.05, 0.1) is 16.9 Å². The minimum absolute atomic E-state index is 0.233. The first-order valence-corrected chi connectivity index (χ1v) is 7.29. The Labute approximate surface area is 132 Å². The molecule has 1 aliphatic rings. The molecule has 4 rings (SSSR count). The van der Waals surface area contributed by atoms with Crippen LogP contribution in [0.5, 0.6) is 5.88 Å². The molecule has 0 spiro atoms. The van der Waals surface area contributed by atoms with Gasteiger partial charge in [0.2, 0.25) is 5.88 Å². The molecule has 2 heterocycles. The molecule has 0 saturated heterocycles. The Bertz CT molecular complexity index is 911. The summed E-state index contributed by atoms with van der Waals surface area (Å²) in [5, 5.41) is 13.9. The van der Waals surface area contributed by atoms with Crippen LogP contribution >= 0.6 is 0 Å². The fourth-order valence-electron chi connectivity index (χ4n) is 2.78. The average Bonchev–Trinajstić information content (AvgIpc) is 2.99. The van der Waals surface area contributed by atoms with Crippen LogP contribution in [0.15, 0.2) is 48.5 Å². The summed E-state index contributed by atoms with van der Waals surface area (Å²) in [4.78, 5) is 11.4. The van der Waals surface area contributed by atoms with Crippen LogP contribution in [-0.4, -0.2) is 20.9 Å². The molecule has 1 aromatic heterocycles. The van der Waals surface area contributed by atoms with Crippen LogP contribution in [0.2, 0.25) is 0 Å². The van der Waals surface area contributed by atoms with Crippen LogP contribution in [0.25, 0.3) is 16.9 Å². The van der Waals surface area contributed by atoms with Crippen LogP contribution in [0, 0.1) is 6.92 Å². The van der Waals surface area contributed by atoms with E-state index < -0.39 is 5.97 Å². The zero-order valence-corrected chi connectivity index (χ0v) is 12.5. The number of hydrogen-bond donors (Lipinski definition) is 1. The lowest BCUT2D eigenvalue weighted by atomic mass is 10.1. The number of carbonyl (C=O) groups is 1. The molecule has 23 heavy (non-hydrogen) atoms. The lowest BCUT2D eigenvalue weighted by Crippen LogP contribution is -2.16. The van der Waals surface area contributed by atoms with Gasteiger partial charge in [0.25, 0.3) is 0 Å². The maximum atomic E-state index is 11.4. The van der Waals surface area contributed by atoms with Crippen molar-refractivity contribution in [2.75, 3.05) is 0 Å². The smallest absolute Gasteiger partial charge is 0.336 e. The van der Waals surface area contributed by atoms with E-state index in [1.54, 1.807) is 16.8 Å². The topological polar surface area (TPSA) is 64.4 Å². The van der Waals surface area contributed by atoms with E-state index in [1.165, 1.54) is 5.56 Å². The number of aromatic carboxylic acids is 1. The molecule has 0 radical (unpaired) electrons. The third-order valence-corrected chi connectivity index (χ3v) is 4.00. The summed E-state index contributed by atoms with van der Waals surface area (Å²) in [6, 6.07) is 15.1. The molecule has 0 fully saturated rings. The van der Waals surface area contributed by atoms with Crippen molar-refractivity contribution in [2.24, 2.45) is 0 Å². The number of ether oxygens (including phenoxy) is 1. The Morgan fingerprint density at radius 1 is 1.22 bits per heavy atom. The van der Waals surface area contributed by atoms with Crippen LogP contribution in [0.1, 0.15) is 21.5 Å². The molecule has 114 valence electrons. The van der Waals surface area contributed by atoms with E-state index in [1.807, 2.05) is 43.3 Å². The zero-order valence-electron chi connectivity index (χ0n) is 12.5. The van der Waals surface area contributed by atoms with Gasteiger partial charge in [-0.25, -0.2) is 9.48 Å². The van der Waals surface area contributed by atoms with Gasteiger partial charge < -0.3 is 9.84 Å². The van der Waals surface area contributed by atoms with Gasteiger partial charge in [-0.1, -0.05) is 35.9 Å². The van der Waals surface area contributed by atoms with Gasteiger partial charge in [-0.15, -0.1) is 0 Å². The highest BCUT2D eigenvalue weighted by Crippen LogP contribution is 2.33. The van der Waals surface area contributed by atoms with Crippen molar-refractivity contribution in [1.29, 1.82) is 0 Å². The van der Waals surface area contributed by atoms with Gasteiger partial charge in [0, 0.05) is 17.2 Å². The van der Waals surface area contributed by atoms with Crippen molar-refractivity contribution < 1.29 is 14.6 Å². The number of aryl methyl sites for hydroxylation is 1. The number of rotatable bonds is 2. The van der Waals surface area contributed by atoms with E-state index in [0.29, 0.717) is 11.4 Å². The molecule has 0 aliphatic carbocycles. The summed E-state index contributed by atoms with van der Waals surface area (Å²) in [6.07, 6.45) is 0. The molecule has 0 atom stereocenters. The van der Waals surface area contributed by atoms with Crippen molar-refractivity contribution in [3.8, 4) is 22.8 Å². The molecule has 1 aliphatic heterocycles. The van der Waals surface area contributed by atoms with Crippen molar-refractivity contribution in [2.45, 2.75) is 13.5 Å². The van der Waals surface area contributed by atoms with E-state index in [-0.39, 0.29) is 12.2 Å². The lowest BCUT2D eigenvalue weighted by molar-refractivity contribution is 0.0693. The van der Waals surface area contributed by atoms with Crippen LogP contribution < -0.4 is 4.74 Å². The summed E-state index contributed by atoms with van der Waals surface area (Å²) in [5.74, 6) is -0.338. The fourth-order valence-corrected chi connectivity index (χ4v) is 2.78. The minimum Gasteiger partial charge on any atom is -0.478 e. The summed E-state index contributed by atoms with van der Waals surface area (Å²) in [5.41, 5.74) is 4.63. The summed E-state index contributed by atoms with van der Waals surface area (Å²) >= 11 is 0. The highest BCUT2D eigenvalue weighted by molar-refractivity contribution is 5.90. The van der Waals surface area contributed by atoms with Crippen LogP contribution in [0.4, 0.5) is 0 Å². The van der Waals surface area contributed by atoms with Crippen molar-refractivity contribution in [1.82, 2.24) is 9.78 Å². The second-order valence-electron chi connectivity index (χ2n) is 5.54. The zero-order chi connectivity index (χ0) is 16.0. The van der Waals surface area contributed by atoms with Gasteiger partial charge >= 0.3 is 5.97 Å². The second-order valence-corrected chi connectivity index (χ2v) is 5.54. The van der Waals surface area contributed by atoms with E-state index in [2.05, 4.69) is 5.10 Å². The first kappa shape index (κ1) is 13.6. The summed E-state index contributed by atoms with van der Waals surface area (Å²) in [6.45, 7) is 2.27. The second kappa shape index (κ2) is 4.98. The highest BCUT2D eigenvalue weighted by atomic mass is 16.5. The SMILES string of the molecule is Cc1ccc(-c2cc3n(n2)-c2cccc(C(=O)O)c2CO3)cc1. The quantitative estimate of drug-likeness (QED) is 0.787. The number of hydrogen-bond acceptors (Lipinski definition) is 3. The molecule has 0 amide bonds. The average molecular weight is 306 g/mol. The van der Waals surface area contributed by atoms with Gasteiger partial charge in [-0.2, -0.15) is 5.10 Å². The predicted molar refractivity (Wildman–Crippen MR) is 85.0 cm³/mol. The summed E-state index contributed by atoms with van der Waals surface area (Å²) in [7, 11) is 0. The molecule has 2 aromatic carbocycles. The van der Waals surface area contributed by atoms with Gasteiger partial charge in [0.1, 0.15) is 6.61 Å². The number of fused-ring (bicyclic) bond motifs is 3.